The van der Waals surface area contributed by atoms with E-state index in [0.717, 1.165) is 12.1 Å². The van der Waals surface area contributed by atoms with E-state index in [4.69, 9.17) is 0 Å². The molecule has 0 aliphatic heterocycles. The van der Waals surface area contributed by atoms with Gasteiger partial charge in [0.2, 0.25) is 0 Å². The molecule has 0 N–H and O–H groups in total. The maximum atomic E-state index is 12.2. The number of nitrogens with zero attached hydrogens (tertiary/aromatic N) is 1. The maximum Gasteiger partial charge on any atom is 0.416 e. The van der Waals surface area contributed by atoms with Gasteiger partial charge >= 0.3 is 6.18 Å². The third kappa shape index (κ3) is 3.10. The molecule has 1 aromatic rings. The molecule has 0 atom stereocenters. The largest absolute Gasteiger partial charge is 0.416 e. The van der Waals surface area contributed by atoms with Crippen LogP contribution in [0.5, 0.6) is 0 Å². The first-order valence-corrected chi connectivity index (χ1v) is 3.76. The molecule has 0 spiro atoms. The van der Waals surface area contributed by atoms with Crippen molar-refractivity contribution in [2.45, 2.75) is 6.18 Å². The Morgan fingerprint density at radius 3 is 2.14 bits per heavy atom. The van der Waals surface area contributed by atoms with E-state index in [1.807, 2.05) is 0 Å². The predicted molar refractivity (Wildman–Crippen MR) is 53.0 cm³/mol. The fourth-order valence-corrected chi connectivity index (χ4v) is 0.960. The Hall–Kier alpha value is -0.900. The molecule has 1 aromatic carbocycles. The zero-order valence-corrected chi connectivity index (χ0v) is 8.62. The number of anilines is 1. The summed E-state index contributed by atoms with van der Waals surface area (Å²) >= 11 is 0. The van der Waals surface area contributed by atoms with Crippen LogP contribution in [0.3, 0.4) is 0 Å². The molecule has 80 valence electrons. The zero-order chi connectivity index (χ0) is 10.1. The first-order valence-electron chi connectivity index (χ1n) is 3.76. The van der Waals surface area contributed by atoms with Gasteiger partial charge in [0.15, 0.2) is 0 Å². The van der Waals surface area contributed by atoms with Crippen molar-refractivity contribution in [1.29, 1.82) is 0 Å². The number of hydrogen-bond acceptors (Lipinski definition) is 1. The molecule has 0 amide bonds. The molecular weight excluding hydrogens is 215 g/mol. The fraction of sp³-hybridized carbons (Fsp3) is 0.333. The van der Waals surface area contributed by atoms with Crippen molar-refractivity contribution < 1.29 is 13.2 Å². The summed E-state index contributed by atoms with van der Waals surface area (Å²) < 4.78 is 36.6. The summed E-state index contributed by atoms with van der Waals surface area (Å²) in [7, 11) is 3.41. The fourth-order valence-electron chi connectivity index (χ4n) is 0.960. The molecule has 0 aliphatic rings. The number of alkyl halides is 3. The van der Waals surface area contributed by atoms with Crippen LogP contribution >= 0.6 is 12.4 Å². The third-order valence-corrected chi connectivity index (χ3v) is 1.69. The van der Waals surface area contributed by atoms with Gasteiger partial charge in [0.25, 0.3) is 0 Å². The van der Waals surface area contributed by atoms with Crippen molar-refractivity contribution in [3.63, 3.8) is 0 Å². The molecule has 0 saturated heterocycles. The molecule has 0 heterocycles. The molecule has 1 rings (SSSR count). The van der Waals surface area contributed by atoms with Gasteiger partial charge in [-0.1, -0.05) is 6.07 Å². The normalized spacial score (nSPS) is 10.6. The van der Waals surface area contributed by atoms with Gasteiger partial charge in [-0.25, -0.2) is 0 Å². The van der Waals surface area contributed by atoms with E-state index in [1.54, 1.807) is 25.1 Å². The SMILES string of the molecule is CN(C)c1cccc(C(F)(F)F)c1.Cl. The molecular formula is C9H11ClF3N. The van der Waals surface area contributed by atoms with Gasteiger partial charge in [-0.15, -0.1) is 12.4 Å². The summed E-state index contributed by atoms with van der Waals surface area (Å²) in [6.45, 7) is 0. The Kier molecular flexibility index (Phi) is 4.26. The number of benzene rings is 1. The molecule has 0 aromatic heterocycles. The second-order valence-electron chi connectivity index (χ2n) is 2.94. The highest BCUT2D eigenvalue weighted by Crippen LogP contribution is 2.30. The minimum Gasteiger partial charge on any atom is -0.378 e. The van der Waals surface area contributed by atoms with E-state index in [9.17, 15) is 13.2 Å². The Morgan fingerprint density at radius 2 is 1.71 bits per heavy atom. The Morgan fingerprint density at radius 1 is 1.14 bits per heavy atom. The highest BCUT2D eigenvalue weighted by atomic mass is 35.5. The van der Waals surface area contributed by atoms with Gasteiger partial charge in [-0.05, 0) is 18.2 Å². The standard InChI is InChI=1S/C9H10F3N.ClH/c1-13(2)8-5-3-4-7(6-8)9(10,11)12;/h3-6H,1-2H3;1H. The van der Waals surface area contributed by atoms with Gasteiger partial charge in [-0.3, -0.25) is 0 Å². The molecule has 14 heavy (non-hydrogen) atoms. The van der Waals surface area contributed by atoms with E-state index in [2.05, 4.69) is 0 Å². The van der Waals surface area contributed by atoms with E-state index in [1.165, 1.54) is 6.07 Å². The van der Waals surface area contributed by atoms with Crippen LogP contribution in [0.1, 0.15) is 5.56 Å². The average molecular weight is 226 g/mol. The molecule has 5 heteroatoms. The monoisotopic (exact) mass is 225 g/mol. The van der Waals surface area contributed by atoms with Gasteiger partial charge in [-0.2, -0.15) is 13.2 Å². The second kappa shape index (κ2) is 4.55. The summed E-state index contributed by atoms with van der Waals surface area (Å²) in [4.78, 5) is 1.63. The minimum atomic E-state index is -4.26. The molecule has 0 bridgehead atoms. The Bertz CT molecular complexity index is 296. The lowest BCUT2D eigenvalue weighted by molar-refractivity contribution is -0.137. The summed E-state index contributed by atoms with van der Waals surface area (Å²) in [5.74, 6) is 0. The number of rotatable bonds is 1. The lowest BCUT2D eigenvalue weighted by Crippen LogP contribution is -2.11. The Labute approximate surface area is 86.9 Å². The summed E-state index contributed by atoms with van der Waals surface area (Å²) in [5.41, 5.74) is -0.0616. The number of halogens is 4. The maximum absolute atomic E-state index is 12.2. The Balaban J connectivity index is 0.00000169. The smallest absolute Gasteiger partial charge is 0.378 e. The van der Waals surface area contributed by atoms with Crippen LogP contribution in [0.4, 0.5) is 18.9 Å². The van der Waals surface area contributed by atoms with Crippen LogP contribution in [0.15, 0.2) is 24.3 Å². The van der Waals surface area contributed by atoms with Crippen LogP contribution in [-0.2, 0) is 6.18 Å². The van der Waals surface area contributed by atoms with Gasteiger partial charge in [0.05, 0.1) is 5.56 Å². The lowest BCUT2D eigenvalue weighted by atomic mass is 10.2. The summed E-state index contributed by atoms with van der Waals surface area (Å²) in [6.07, 6.45) is -4.26. The van der Waals surface area contributed by atoms with E-state index < -0.39 is 11.7 Å². The number of hydrogen-bond donors (Lipinski definition) is 0. The predicted octanol–water partition coefficient (Wildman–Crippen LogP) is 3.19. The van der Waals surface area contributed by atoms with Crippen molar-refractivity contribution in [2.24, 2.45) is 0 Å². The summed E-state index contributed by atoms with van der Waals surface area (Å²) in [6, 6.07) is 5.22. The van der Waals surface area contributed by atoms with E-state index in [-0.39, 0.29) is 12.4 Å². The van der Waals surface area contributed by atoms with Crippen molar-refractivity contribution in [3.05, 3.63) is 29.8 Å². The van der Waals surface area contributed by atoms with Crippen molar-refractivity contribution in [2.75, 3.05) is 19.0 Å². The van der Waals surface area contributed by atoms with Gasteiger partial charge in [0.1, 0.15) is 0 Å². The van der Waals surface area contributed by atoms with E-state index >= 15 is 0 Å². The van der Waals surface area contributed by atoms with Crippen molar-refractivity contribution in [1.82, 2.24) is 0 Å². The summed E-state index contributed by atoms with van der Waals surface area (Å²) in [5, 5.41) is 0. The first-order chi connectivity index (χ1) is 5.91. The molecule has 0 saturated carbocycles. The van der Waals surface area contributed by atoms with Crippen LogP contribution in [0.25, 0.3) is 0 Å². The van der Waals surface area contributed by atoms with Crippen LogP contribution in [0, 0.1) is 0 Å². The highest BCUT2D eigenvalue weighted by Gasteiger charge is 2.30. The van der Waals surface area contributed by atoms with Crippen molar-refractivity contribution >= 4 is 18.1 Å². The van der Waals surface area contributed by atoms with Crippen LogP contribution in [0.2, 0.25) is 0 Å². The topological polar surface area (TPSA) is 3.24 Å². The molecule has 0 unspecified atom stereocenters. The zero-order valence-electron chi connectivity index (χ0n) is 7.80. The highest BCUT2D eigenvalue weighted by molar-refractivity contribution is 5.85. The average Bonchev–Trinajstić information content (AvgIpc) is 2.03. The molecule has 1 nitrogen and oxygen atoms in total. The molecule has 0 fully saturated rings. The molecule has 0 aliphatic carbocycles. The third-order valence-electron chi connectivity index (χ3n) is 1.69. The van der Waals surface area contributed by atoms with Gasteiger partial charge in [0, 0.05) is 19.8 Å². The quantitative estimate of drug-likeness (QED) is 0.710. The van der Waals surface area contributed by atoms with Gasteiger partial charge < -0.3 is 4.90 Å². The first kappa shape index (κ1) is 13.1. The second-order valence-corrected chi connectivity index (χ2v) is 2.94. The minimum absolute atomic E-state index is 0. The van der Waals surface area contributed by atoms with Crippen LogP contribution in [-0.4, -0.2) is 14.1 Å². The van der Waals surface area contributed by atoms with Crippen LogP contribution < -0.4 is 4.90 Å². The van der Waals surface area contributed by atoms with Crippen molar-refractivity contribution in [3.8, 4) is 0 Å². The lowest BCUT2D eigenvalue weighted by Gasteiger charge is -2.14. The van der Waals surface area contributed by atoms with E-state index in [0.29, 0.717) is 5.69 Å². The molecule has 0 radical (unpaired) electrons.